The minimum absolute atomic E-state index is 0.105. The van der Waals surface area contributed by atoms with Crippen LogP contribution in [0.5, 0.6) is 0 Å². The number of thiazole rings is 1. The molecule has 0 radical (unpaired) electrons. The summed E-state index contributed by atoms with van der Waals surface area (Å²) in [6.07, 6.45) is 6.19. The van der Waals surface area contributed by atoms with Crippen LogP contribution in [0.2, 0.25) is 5.02 Å². The van der Waals surface area contributed by atoms with Gasteiger partial charge < -0.3 is 15.7 Å². The molecule has 2 aliphatic rings. The maximum Gasteiger partial charge on any atom is 0.266 e. The predicted molar refractivity (Wildman–Crippen MR) is 116 cm³/mol. The molecular formula is C19H24ClFN4O3S2. The number of aliphatic hydroxyl groups excluding tert-OH is 1. The van der Waals surface area contributed by atoms with Crippen molar-refractivity contribution in [1.29, 1.82) is 0 Å². The zero-order valence-electron chi connectivity index (χ0n) is 16.2. The fourth-order valence-corrected chi connectivity index (χ4v) is 6.29. The average molecular weight is 475 g/mol. The number of β-amino-alcohol motifs (C(OH)–C–C–N with tert-alkyl or cyclic N) is 1. The molecule has 30 heavy (non-hydrogen) atoms. The summed E-state index contributed by atoms with van der Waals surface area (Å²) in [6, 6.07) is 2.20. The maximum atomic E-state index is 14.7. The van der Waals surface area contributed by atoms with Crippen LogP contribution in [0.1, 0.15) is 32.1 Å². The van der Waals surface area contributed by atoms with Crippen molar-refractivity contribution in [3.8, 4) is 0 Å². The maximum absolute atomic E-state index is 14.7. The molecule has 1 aromatic carbocycles. The van der Waals surface area contributed by atoms with E-state index in [1.54, 1.807) is 5.38 Å². The van der Waals surface area contributed by atoms with Crippen LogP contribution in [0.3, 0.4) is 0 Å². The lowest BCUT2D eigenvalue weighted by Gasteiger charge is -2.37. The van der Waals surface area contributed by atoms with E-state index in [-0.39, 0.29) is 15.7 Å². The van der Waals surface area contributed by atoms with E-state index in [0.717, 1.165) is 29.9 Å². The first-order valence-electron chi connectivity index (χ1n) is 9.85. The van der Waals surface area contributed by atoms with E-state index < -0.39 is 26.8 Å². The highest BCUT2D eigenvalue weighted by Crippen LogP contribution is 2.38. The summed E-state index contributed by atoms with van der Waals surface area (Å²) in [4.78, 5) is 3.32. The van der Waals surface area contributed by atoms with Gasteiger partial charge in [-0.15, -0.1) is 11.3 Å². The Morgan fingerprint density at radius 1 is 1.40 bits per heavy atom. The number of hydrogen-bond donors (Lipinski definition) is 4. The van der Waals surface area contributed by atoms with Crippen LogP contribution in [0, 0.1) is 11.7 Å². The second kappa shape index (κ2) is 8.58. The zero-order chi connectivity index (χ0) is 21.4. The fourth-order valence-electron chi connectivity index (χ4n) is 4.12. The molecule has 2 heterocycles. The Kier molecular flexibility index (Phi) is 6.23. The third-order valence-corrected chi connectivity index (χ3v) is 8.31. The van der Waals surface area contributed by atoms with Gasteiger partial charge in [-0.1, -0.05) is 30.9 Å². The highest BCUT2D eigenvalue weighted by atomic mass is 35.5. The van der Waals surface area contributed by atoms with Crippen molar-refractivity contribution in [1.82, 2.24) is 10.3 Å². The summed E-state index contributed by atoms with van der Waals surface area (Å²) >= 11 is 7.38. The smallest absolute Gasteiger partial charge is 0.266 e. The summed E-state index contributed by atoms with van der Waals surface area (Å²) in [5, 5.41) is 18.5. The molecule has 1 saturated carbocycles. The van der Waals surface area contributed by atoms with Crippen LogP contribution in [0.15, 0.2) is 28.6 Å². The first kappa shape index (κ1) is 21.8. The summed E-state index contributed by atoms with van der Waals surface area (Å²) < 4.78 is 41.9. The van der Waals surface area contributed by atoms with Crippen molar-refractivity contribution >= 4 is 43.8 Å². The first-order valence-corrected chi connectivity index (χ1v) is 12.6. The molecule has 4 N–H and O–H groups in total. The van der Waals surface area contributed by atoms with Crippen molar-refractivity contribution in [3.63, 3.8) is 0 Å². The lowest BCUT2D eigenvalue weighted by molar-refractivity contribution is 0.167. The molecule has 1 saturated heterocycles. The van der Waals surface area contributed by atoms with Gasteiger partial charge in [-0.3, -0.25) is 4.72 Å². The number of sulfonamides is 1. The van der Waals surface area contributed by atoms with E-state index in [1.807, 2.05) is 0 Å². The molecule has 0 spiro atoms. The second-order valence-corrected chi connectivity index (χ2v) is 11.0. The van der Waals surface area contributed by atoms with E-state index in [9.17, 15) is 17.9 Å². The minimum Gasteiger partial charge on any atom is -0.392 e. The van der Waals surface area contributed by atoms with Gasteiger partial charge in [-0.2, -0.15) is 0 Å². The van der Waals surface area contributed by atoms with Gasteiger partial charge in [-0.25, -0.2) is 17.8 Å². The molecule has 1 aliphatic heterocycles. The van der Waals surface area contributed by atoms with E-state index >= 15 is 0 Å². The average Bonchev–Trinajstić information content (AvgIpc) is 3.28. The second-order valence-electron chi connectivity index (χ2n) is 8.08. The Labute approximate surface area is 184 Å². The van der Waals surface area contributed by atoms with Gasteiger partial charge in [0, 0.05) is 30.2 Å². The first-order chi connectivity index (χ1) is 14.3. The standard InChI is InChI=1S/C19H24ClFN4O3S2/c20-14-6-17(30(27,28)25-18-22-4-5-29-18)15(21)7-16(14)23-11-19(8-12-2-1-3-12)9-13(26)10-24-19/h4-7,12-13,23-24,26H,1-3,8-11H2,(H,22,25)/t13-,19-/m0/s1. The number of anilines is 2. The Bertz CT molecular complexity index is 1000. The van der Waals surface area contributed by atoms with Gasteiger partial charge >= 0.3 is 0 Å². The monoisotopic (exact) mass is 474 g/mol. The number of nitrogens with zero attached hydrogens (tertiary/aromatic N) is 1. The third-order valence-electron chi connectivity index (χ3n) is 5.83. The fraction of sp³-hybridized carbons (Fsp3) is 0.526. The van der Waals surface area contributed by atoms with Gasteiger partial charge in [0.25, 0.3) is 10.0 Å². The molecule has 11 heteroatoms. The number of aromatic nitrogens is 1. The summed E-state index contributed by atoms with van der Waals surface area (Å²) in [7, 11) is -4.15. The van der Waals surface area contributed by atoms with Crippen LogP contribution >= 0.6 is 22.9 Å². The molecule has 1 aromatic heterocycles. The Hall–Kier alpha value is -1.46. The molecule has 1 aliphatic carbocycles. The van der Waals surface area contributed by atoms with Gasteiger partial charge in [0.15, 0.2) is 5.13 Å². The largest absolute Gasteiger partial charge is 0.392 e. The summed E-state index contributed by atoms with van der Waals surface area (Å²) in [5.41, 5.74) is 0.0279. The van der Waals surface area contributed by atoms with Crippen molar-refractivity contribution in [2.75, 3.05) is 23.1 Å². The highest BCUT2D eigenvalue weighted by molar-refractivity contribution is 7.93. The SMILES string of the molecule is O=S(=O)(Nc1nccs1)c1cc(Cl)c(NC[C@]2(CC3CCC3)C[C@H](O)CN2)cc1F. The van der Waals surface area contributed by atoms with Crippen LogP contribution in [-0.4, -0.2) is 43.2 Å². The van der Waals surface area contributed by atoms with Crippen molar-refractivity contribution in [2.45, 2.75) is 48.6 Å². The topological polar surface area (TPSA) is 103 Å². The molecule has 7 nitrogen and oxygen atoms in total. The Balaban J connectivity index is 1.50. The number of aliphatic hydroxyl groups is 1. The predicted octanol–water partition coefficient (Wildman–Crippen LogP) is 3.43. The van der Waals surface area contributed by atoms with Crippen molar-refractivity contribution in [2.24, 2.45) is 5.92 Å². The van der Waals surface area contributed by atoms with Gasteiger partial charge in [0.1, 0.15) is 10.7 Å². The molecular weight excluding hydrogens is 451 g/mol. The summed E-state index contributed by atoms with van der Waals surface area (Å²) in [5.74, 6) is -0.278. The zero-order valence-corrected chi connectivity index (χ0v) is 18.6. The van der Waals surface area contributed by atoms with E-state index in [2.05, 4.69) is 20.3 Å². The summed E-state index contributed by atoms with van der Waals surface area (Å²) in [6.45, 7) is 0.985. The number of rotatable bonds is 8. The van der Waals surface area contributed by atoms with Gasteiger partial charge in [0.05, 0.1) is 16.8 Å². The molecule has 0 bridgehead atoms. The molecule has 4 rings (SSSR count). The normalized spacial score (nSPS) is 24.6. The van der Waals surface area contributed by atoms with Crippen LogP contribution in [-0.2, 0) is 10.0 Å². The number of hydrogen-bond acceptors (Lipinski definition) is 7. The molecule has 0 amide bonds. The highest BCUT2D eigenvalue weighted by Gasteiger charge is 2.41. The molecule has 2 aromatic rings. The molecule has 164 valence electrons. The van der Waals surface area contributed by atoms with Crippen molar-refractivity contribution < 1.29 is 17.9 Å². The Morgan fingerprint density at radius 2 is 2.20 bits per heavy atom. The lowest BCUT2D eigenvalue weighted by Crippen LogP contribution is -2.48. The number of nitrogens with one attached hydrogen (secondary N) is 3. The minimum atomic E-state index is -4.15. The van der Waals surface area contributed by atoms with Crippen LogP contribution in [0.4, 0.5) is 15.2 Å². The van der Waals surface area contributed by atoms with Crippen molar-refractivity contribution in [3.05, 3.63) is 34.5 Å². The van der Waals surface area contributed by atoms with E-state index in [4.69, 9.17) is 11.6 Å². The van der Waals surface area contributed by atoms with Gasteiger partial charge in [0.2, 0.25) is 0 Å². The van der Waals surface area contributed by atoms with E-state index in [1.165, 1.54) is 25.5 Å². The van der Waals surface area contributed by atoms with E-state index in [0.29, 0.717) is 31.1 Å². The van der Waals surface area contributed by atoms with Gasteiger partial charge in [-0.05, 0) is 30.9 Å². The third kappa shape index (κ3) is 4.72. The van der Waals surface area contributed by atoms with Crippen LogP contribution < -0.4 is 15.4 Å². The van der Waals surface area contributed by atoms with Crippen LogP contribution in [0.25, 0.3) is 0 Å². The number of halogens is 2. The molecule has 2 fully saturated rings. The molecule has 2 atom stereocenters. The lowest BCUT2D eigenvalue weighted by atomic mass is 9.75. The quantitative estimate of drug-likeness (QED) is 0.467. The molecule has 0 unspecified atom stereocenters. The Morgan fingerprint density at radius 3 is 2.80 bits per heavy atom. The number of benzene rings is 1.